The number of thioether (sulfide) groups is 1. The zero-order valence-corrected chi connectivity index (χ0v) is 13.0. The van der Waals surface area contributed by atoms with E-state index in [1.807, 2.05) is 54.4 Å². The topological polar surface area (TPSA) is 51.8 Å². The Balaban J connectivity index is 1.76. The Morgan fingerprint density at radius 3 is 2.27 bits per heavy atom. The second-order valence-electron chi connectivity index (χ2n) is 4.95. The number of anilines is 1. The third-order valence-electron chi connectivity index (χ3n) is 3.30. The first-order valence-electron chi connectivity index (χ1n) is 7.11. The first-order chi connectivity index (χ1) is 10.8. The largest absolute Gasteiger partial charge is 0.368 e. The lowest BCUT2D eigenvalue weighted by molar-refractivity contribution is 1.14. The summed E-state index contributed by atoms with van der Waals surface area (Å²) in [5, 5.41) is 0. The van der Waals surface area contributed by atoms with Gasteiger partial charge >= 0.3 is 0 Å². The average molecular weight is 307 g/mol. The highest BCUT2D eigenvalue weighted by Crippen LogP contribution is 2.26. The number of nitrogens with zero attached hydrogens (tertiary/aromatic N) is 2. The summed E-state index contributed by atoms with van der Waals surface area (Å²) in [6.45, 7) is 0. The van der Waals surface area contributed by atoms with Crippen LogP contribution < -0.4 is 5.73 Å². The van der Waals surface area contributed by atoms with Gasteiger partial charge in [0.15, 0.2) is 0 Å². The first-order valence-corrected chi connectivity index (χ1v) is 8.27. The van der Waals surface area contributed by atoms with Crippen LogP contribution in [0.4, 0.5) is 5.95 Å². The molecule has 0 aliphatic carbocycles. The Hall–Kier alpha value is -2.33. The Labute approximate surface area is 134 Å². The SMILES string of the molecule is Nc1ncc(CSCc2ccccc2)c(-c2ccccc2)n1. The number of benzene rings is 2. The van der Waals surface area contributed by atoms with E-state index in [1.165, 1.54) is 5.56 Å². The van der Waals surface area contributed by atoms with Crippen molar-refractivity contribution in [2.75, 3.05) is 5.73 Å². The molecule has 1 aromatic heterocycles. The third-order valence-corrected chi connectivity index (χ3v) is 4.35. The summed E-state index contributed by atoms with van der Waals surface area (Å²) in [6, 6.07) is 20.6. The molecule has 0 saturated carbocycles. The highest BCUT2D eigenvalue weighted by molar-refractivity contribution is 7.97. The van der Waals surface area contributed by atoms with Crippen LogP contribution in [0.25, 0.3) is 11.3 Å². The van der Waals surface area contributed by atoms with Gasteiger partial charge in [0.05, 0.1) is 5.69 Å². The first kappa shape index (κ1) is 14.6. The lowest BCUT2D eigenvalue weighted by Crippen LogP contribution is -2.00. The van der Waals surface area contributed by atoms with Crippen LogP contribution in [0, 0.1) is 0 Å². The molecule has 3 rings (SSSR count). The molecule has 3 nitrogen and oxygen atoms in total. The molecule has 0 aliphatic heterocycles. The Morgan fingerprint density at radius 1 is 0.864 bits per heavy atom. The Morgan fingerprint density at radius 2 is 1.55 bits per heavy atom. The zero-order chi connectivity index (χ0) is 15.2. The van der Waals surface area contributed by atoms with Crippen LogP contribution in [0.2, 0.25) is 0 Å². The average Bonchev–Trinajstić information content (AvgIpc) is 2.58. The van der Waals surface area contributed by atoms with E-state index >= 15 is 0 Å². The minimum atomic E-state index is 0.315. The molecule has 0 spiro atoms. The predicted molar refractivity (Wildman–Crippen MR) is 93.3 cm³/mol. The summed E-state index contributed by atoms with van der Waals surface area (Å²) in [6.07, 6.45) is 1.84. The highest BCUT2D eigenvalue weighted by Gasteiger charge is 2.08. The van der Waals surface area contributed by atoms with E-state index in [2.05, 4.69) is 34.2 Å². The monoisotopic (exact) mass is 307 g/mol. The molecule has 1 heterocycles. The third kappa shape index (κ3) is 3.65. The van der Waals surface area contributed by atoms with E-state index in [4.69, 9.17) is 5.73 Å². The quantitative estimate of drug-likeness (QED) is 0.769. The number of aromatic nitrogens is 2. The van der Waals surface area contributed by atoms with Crippen LogP contribution in [-0.4, -0.2) is 9.97 Å². The number of hydrogen-bond acceptors (Lipinski definition) is 4. The minimum Gasteiger partial charge on any atom is -0.368 e. The van der Waals surface area contributed by atoms with E-state index < -0.39 is 0 Å². The second kappa shape index (κ2) is 7.09. The van der Waals surface area contributed by atoms with Crippen molar-refractivity contribution in [3.63, 3.8) is 0 Å². The molecule has 0 amide bonds. The van der Waals surface area contributed by atoms with Crippen molar-refractivity contribution in [1.29, 1.82) is 0 Å². The fraction of sp³-hybridized carbons (Fsp3) is 0.111. The molecule has 0 bridgehead atoms. The fourth-order valence-corrected chi connectivity index (χ4v) is 3.19. The number of nitrogens with two attached hydrogens (primary N) is 1. The summed E-state index contributed by atoms with van der Waals surface area (Å²) >= 11 is 1.85. The molecule has 0 fully saturated rings. The lowest BCUT2D eigenvalue weighted by Gasteiger charge is -2.09. The summed E-state index contributed by atoms with van der Waals surface area (Å²) in [4.78, 5) is 8.57. The van der Waals surface area contributed by atoms with Gasteiger partial charge < -0.3 is 5.73 Å². The summed E-state index contributed by atoms with van der Waals surface area (Å²) in [7, 11) is 0. The molecule has 3 aromatic rings. The van der Waals surface area contributed by atoms with E-state index in [9.17, 15) is 0 Å². The Kier molecular flexibility index (Phi) is 4.71. The lowest BCUT2D eigenvalue weighted by atomic mass is 10.1. The van der Waals surface area contributed by atoms with Gasteiger partial charge in [-0.25, -0.2) is 9.97 Å². The summed E-state index contributed by atoms with van der Waals surface area (Å²) in [5.74, 6) is 2.15. The van der Waals surface area contributed by atoms with Crippen molar-refractivity contribution in [2.24, 2.45) is 0 Å². The van der Waals surface area contributed by atoms with Crippen molar-refractivity contribution in [2.45, 2.75) is 11.5 Å². The van der Waals surface area contributed by atoms with Crippen molar-refractivity contribution in [3.8, 4) is 11.3 Å². The molecule has 4 heteroatoms. The van der Waals surface area contributed by atoms with Crippen molar-refractivity contribution < 1.29 is 0 Å². The molecular weight excluding hydrogens is 290 g/mol. The summed E-state index contributed by atoms with van der Waals surface area (Å²) in [5.41, 5.74) is 10.2. The van der Waals surface area contributed by atoms with Crippen LogP contribution in [0.5, 0.6) is 0 Å². The second-order valence-corrected chi connectivity index (χ2v) is 5.93. The van der Waals surface area contributed by atoms with Crippen molar-refractivity contribution in [1.82, 2.24) is 9.97 Å². The molecule has 0 aliphatic rings. The molecule has 2 aromatic carbocycles. The summed E-state index contributed by atoms with van der Waals surface area (Å²) < 4.78 is 0. The van der Waals surface area contributed by atoms with Crippen LogP contribution in [0.1, 0.15) is 11.1 Å². The van der Waals surface area contributed by atoms with Gasteiger partial charge in [-0.3, -0.25) is 0 Å². The zero-order valence-electron chi connectivity index (χ0n) is 12.1. The maximum atomic E-state index is 5.76. The van der Waals surface area contributed by atoms with Crippen LogP contribution in [0.15, 0.2) is 66.9 Å². The van der Waals surface area contributed by atoms with Gasteiger partial charge in [-0.2, -0.15) is 11.8 Å². The minimum absolute atomic E-state index is 0.315. The van der Waals surface area contributed by atoms with Gasteiger partial charge in [-0.05, 0) is 5.56 Å². The maximum absolute atomic E-state index is 5.76. The van der Waals surface area contributed by atoms with Crippen molar-refractivity contribution in [3.05, 3.63) is 78.0 Å². The molecule has 0 radical (unpaired) electrons. The van der Waals surface area contributed by atoms with Gasteiger partial charge in [0.1, 0.15) is 0 Å². The fourth-order valence-electron chi connectivity index (χ4n) is 2.23. The molecule has 2 N–H and O–H groups in total. The van der Waals surface area contributed by atoms with Gasteiger partial charge in [0.2, 0.25) is 5.95 Å². The number of nitrogen functional groups attached to an aromatic ring is 1. The predicted octanol–water partition coefficient (Wildman–Crippen LogP) is 4.16. The Bertz CT molecular complexity index is 730. The van der Waals surface area contributed by atoms with E-state index in [1.54, 1.807) is 0 Å². The van der Waals surface area contributed by atoms with Crippen molar-refractivity contribution >= 4 is 17.7 Å². The molecule has 0 atom stereocenters. The van der Waals surface area contributed by atoms with Gasteiger partial charge in [0, 0.05) is 28.8 Å². The van der Waals surface area contributed by atoms with E-state index in [0.717, 1.165) is 28.3 Å². The van der Waals surface area contributed by atoms with Crippen LogP contribution >= 0.6 is 11.8 Å². The molecule has 0 saturated heterocycles. The molecule has 22 heavy (non-hydrogen) atoms. The highest BCUT2D eigenvalue weighted by atomic mass is 32.2. The standard InChI is InChI=1S/C18H17N3S/c19-18-20-11-16(13-22-12-14-7-3-1-4-8-14)17(21-18)15-9-5-2-6-10-15/h1-11H,12-13H2,(H2,19,20,21). The molecule has 0 unspecified atom stereocenters. The van der Waals surface area contributed by atoms with Gasteiger partial charge in [0.25, 0.3) is 0 Å². The van der Waals surface area contributed by atoms with Crippen LogP contribution in [0.3, 0.4) is 0 Å². The van der Waals surface area contributed by atoms with E-state index in [0.29, 0.717) is 5.95 Å². The molecular formula is C18H17N3S. The van der Waals surface area contributed by atoms with Gasteiger partial charge in [-0.1, -0.05) is 60.7 Å². The number of rotatable bonds is 5. The van der Waals surface area contributed by atoms with E-state index in [-0.39, 0.29) is 0 Å². The maximum Gasteiger partial charge on any atom is 0.220 e. The van der Waals surface area contributed by atoms with Crippen LogP contribution in [-0.2, 0) is 11.5 Å². The smallest absolute Gasteiger partial charge is 0.220 e. The normalized spacial score (nSPS) is 10.5. The van der Waals surface area contributed by atoms with Gasteiger partial charge in [-0.15, -0.1) is 0 Å². The number of hydrogen-bond donors (Lipinski definition) is 1. The molecule has 110 valence electrons.